The lowest BCUT2D eigenvalue weighted by Crippen LogP contribution is -2.40. The minimum atomic E-state index is -3.68. The standard InChI is InChI=1S/C13H18N2O5S/c16-13(14-5-1-2-6-14)11-3-4-12(20-11)21(17,18)15-7-9-19-10-8-15/h3-4H,1-2,5-10H2. The molecule has 7 nitrogen and oxygen atoms in total. The number of nitrogens with zero attached hydrogens (tertiary/aromatic N) is 2. The molecule has 2 fully saturated rings. The van der Waals surface area contributed by atoms with Gasteiger partial charge in [-0.3, -0.25) is 4.79 Å². The van der Waals surface area contributed by atoms with Gasteiger partial charge >= 0.3 is 0 Å². The number of carbonyl (C=O) groups is 1. The Hall–Kier alpha value is -1.38. The van der Waals surface area contributed by atoms with Gasteiger partial charge in [-0.2, -0.15) is 4.31 Å². The Bertz CT molecular complexity index is 612. The topological polar surface area (TPSA) is 80.1 Å². The maximum absolute atomic E-state index is 12.4. The first-order valence-electron chi connectivity index (χ1n) is 7.06. The van der Waals surface area contributed by atoms with Gasteiger partial charge in [-0.15, -0.1) is 0 Å². The Balaban J connectivity index is 1.78. The molecular formula is C13H18N2O5S. The third-order valence-electron chi connectivity index (χ3n) is 3.75. The average Bonchev–Trinajstić information content (AvgIpc) is 3.19. The molecule has 2 aliphatic rings. The van der Waals surface area contributed by atoms with E-state index in [4.69, 9.17) is 9.15 Å². The molecule has 3 heterocycles. The van der Waals surface area contributed by atoms with E-state index in [-0.39, 0.29) is 16.8 Å². The summed E-state index contributed by atoms with van der Waals surface area (Å²) >= 11 is 0. The molecule has 2 saturated heterocycles. The highest BCUT2D eigenvalue weighted by molar-refractivity contribution is 7.89. The van der Waals surface area contributed by atoms with Crippen molar-refractivity contribution in [3.63, 3.8) is 0 Å². The number of ether oxygens (including phenoxy) is 1. The fourth-order valence-electron chi connectivity index (χ4n) is 2.56. The number of hydrogen-bond donors (Lipinski definition) is 0. The number of furan rings is 1. The molecule has 0 aliphatic carbocycles. The van der Waals surface area contributed by atoms with E-state index in [0.717, 1.165) is 12.8 Å². The second-order valence-corrected chi connectivity index (χ2v) is 7.00. The van der Waals surface area contributed by atoms with Gasteiger partial charge in [0.05, 0.1) is 13.2 Å². The Morgan fingerprint density at radius 1 is 1.05 bits per heavy atom. The van der Waals surface area contributed by atoms with Gasteiger partial charge in [0.2, 0.25) is 5.09 Å². The van der Waals surface area contributed by atoms with Crippen LogP contribution in [0, 0.1) is 0 Å². The maximum Gasteiger partial charge on any atom is 0.289 e. The lowest BCUT2D eigenvalue weighted by Gasteiger charge is -2.24. The quantitative estimate of drug-likeness (QED) is 0.813. The van der Waals surface area contributed by atoms with Crippen molar-refractivity contribution in [1.82, 2.24) is 9.21 Å². The van der Waals surface area contributed by atoms with Gasteiger partial charge in [0.15, 0.2) is 5.76 Å². The molecule has 2 aliphatic heterocycles. The van der Waals surface area contributed by atoms with Crippen molar-refractivity contribution in [3.05, 3.63) is 17.9 Å². The van der Waals surface area contributed by atoms with E-state index in [1.807, 2.05) is 0 Å². The maximum atomic E-state index is 12.4. The minimum absolute atomic E-state index is 0.0868. The van der Waals surface area contributed by atoms with E-state index >= 15 is 0 Å². The number of morpholine rings is 1. The Morgan fingerprint density at radius 3 is 2.38 bits per heavy atom. The van der Waals surface area contributed by atoms with Gasteiger partial charge in [0, 0.05) is 26.2 Å². The van der Waals surface area contributed by atoms with Crippen LogP contribution in [0.5, 0.6) is 0 Å². The smallest absolute Gasteiger partial charge is 0.289 e. The van der Waals surface area contributed by atoms with Crippen molar-refractivity contribution in [1.29, 1.82) is 0 Å². The first kappa shape index (κ1) is 14.6. The molecule has 0 radical (unpaired) electrons. The number of rotatable bonds is 3. The predicted molar refractivity (Wildman–Crippen MR) is 73.4 cm³/mol. The van der Waals surface area contributed by atoms with Crippen LogP contribution in [0.15, 0.2) is 21.6 Å². The van der Waals surface area contributed by atoms with Gasteiger partial charge in [0.1, 0.15) is 0 Å². The zero-order valence-corrected chi connectivity index (χ0v) is 12.5. The Kier molecular flexibility index (Phi) is 4.01. The Morgan fingerprint density at radius 2 is 1.71 bits per heavy atom. The predicted octanol–water partition coefficient (Wildman–Crippen LogP) is 0.536. The van der Waals surface area contributed by atoms with Crippen LogP contribution in [-0.2, 0) is 14.8 Å². The van der Waals surface area contributed by atoms with Crippen LogP contribution in [0.25, 0.3) is 0 Å². The SMILES string of the molecule is O=C(c1ccc(S(=O)(=O)N2CCOCC2)o1)N1CCCC1. The largest absolute Gasteiger partial charge is 0.438 e. The molecule has 0 aromatic carbocycles. The molecule has 8 heteroatoms. The van der Waals surface area contributed by atoms with Gasteiger partial charge in [-0.05, 0) is 25.0 Å². The van der Waals surface area contributed by atoms with Crippen LogP contribution in [0.2, 0.25) is 0 Å². The van der Waals surface area contributed by atoms with Crippen LogP contribution in [0.4, 0.5) is 0 Å². The molecule has 1 amide bonds. The summed E-state index contributed by atoms with van der Waals surface area (Å²) < 4.78 is 36.6. The third kappa shape index (κ3) is 2.83. The molecule has 1 aromatic heterocycles. The molecule has 3 rings (SSSR count). The molecule has 1 aromatic rings. The lowest BCUT2D eigenvalue weighted by atomic mass is 10.4. The monoisotopic (exact) mass is 314 g/mol. The molecule has 0 spiro atoms. The summed E-state index contributed by atoms with van der Waals surface area (Å²) in [5, 5.41) is -0.174. The molecular weight excluding hydrogens is 296 g/mol. The van der Waals surface area contributed by atoms with Gasteiger partial charge in [-0.1, -0.05) is 0 Å². The average molecular weight is 314 g/mol. The zero-order chi connectivity index (χ0) is 14.9. The van der Waals surface area contributed by atoms with E-state index in [1.165, 1.54) is 16.4 Å². The summed E-state index contributed by atoms with van der Waals surface area (Å²) in [5.41, 5.74) is 0. The first-order valence-corrected chi connectivity index (χ1v) is 8.50. The second-order valence-electron chi connectivity index (χ2n) is 5.13. The molecule has 21 heavy (non-hydrogen) atoms. The van der Waals surface area contributed by atoms with E-state index in [9.17, 15) is 13.2 Å². The summed E-state index contributed by atoms with van der Waals surface area (Å²) in [5.74, 6) is -0.153. The minimum Gasteiger partial charge on any atom is -0.438 e. The van der Waals surface area contributed by atoms with Crippen LogP contribution in [0.3, 0.4) is 0 Å². The van der Waals surface area contributed by atoms with Gasteiger partial charge in [-0.25, -0.2) is 8.42 Å². The Labute approximate surface area is 123 Å². The fourth-order valence-corrected chi connectivity index (χ4v) is 3.88. The summed E-state index contributed by atoms with van der Waals surface area (Å²) in [4.78, 5) is 13.9. The van der Waals surface area contributed by atoms with Crippen molar-refractivity contribution >= 4 is 15.9 Å². The second kappa shape index (κ2) is 5.78. The summed E-state index contributed by atoms with van der Waals surface area (Å²) in [6.45, 7) is 2.76. The molecule has 0 saturated carbocycles. The van der Waals surface area contributed by atoms with E-state index < -0.39 is 10.0 Å². The summed E-state index contributed by atoms with van der Waals surface area (Å²) in [6.07, 6.45) is 1.96. The van der Waals surface area contributed by atoms with E-state index in [2.05, 4.69) is 0 Å². The first-order chi connectivity index (χ1) is 10.1. The van der Waals surface area contributed by atoms with Crippen molar-refractivity contribution in [2.24, 2.45) is 0 Å². The number of likely N-dealkylation sites (tertiary alicyclic amines) is 1. The van der Waals surface area contributed by atoms with Crippen molar-refractivity contribution < 1.29 is 22.4 Å². The molecule has 0 N–H and O–H groups in total. The molecule has 0 unspecified atom stereocenters. The number of carbonyl (C=O) groups excluding carboxylic acids is 1. The van der Waals surface area contributed by atoms with Crippen molar-refractivity contribution in [2.75, 3.05) is 39.4 Å². The van der Waals surface area contributed by atoms with Crippen LogP contribution < -0.4 is 0 Å². The number of hydrogen-bond acceptors (Lipinski definition) is 5. The normalized spacial score (nSPS) is 20.9. The highest BCUT2D eigenvalue weighted by atomic mass is 32.2. The van der Waals surface area contributed by atoms with Gasteiger partial charge in [0.25, 0.3) is 15.9 Å². The van der Waals surface area contributed by atoms with E-state index in [1.54, 1.807) is 4.90 Å². The van der Waals surface area contributed by atoms with Gasteiger partial charge < -0.3 is 14.1 Å². The lowest BCUT2D eigenvalue weighted by molar-refractivity contribution is 0.0715. The summed E-state index contributed by atoms with van der Waals surface area (Å²) in [6, 6.07) is 2.79. The molecule has 0 atom stereocenters. The third-order valence-corrected chi connectivity index (χ3v) is 5.52. The molecule has 0 bridgehead atoms. The fraction of sp³-hybridized carbons (Fsp3) is 0.615. The van der Waals surface area contributed by atoms with E-state index in [0.29, 0.717) is 39.4 Å². The van der Waals surface area contributed by atoms with Crippen LogP contribution in [0.1, 0.15) is 23.4 Å². The number of sulfonamides is 1. The highest BCUT2D eigenvalue weighted by Gasteiger charge is 2.31. The van der Waals surface area contributed by atoms with Crippen LogP contribution >= 0.6 is 0 Å². The number of amides is 1. The zero-order valence-electron chi connectivity index (χ0n) is 11.7. The molecule has 116 valence electrons. The van der Waals surface area contributed by atoms with Crippen LogP contribution in [-0.4, -0.2) is 62.9 Å². The van der Waals surface area contributed by atoms with Crippen molar-refractivity contribution in [2.45, 2.75) is 17.9 Å². The van der Waals surface area contributed by atoms with Crippen molar-refractivity contribution in [3.8, 4) is 0 Å². The summed E-state index contributed by atoms with van der Waals surface area (Å²) in [7, 11) is -3.68. The highest BCUT2D eigenvalue weighted by Crippen LogP contribution is 2.21.